The van der Waals surface area contributed by atoms with Crippen LogP contribution >= 0.6 is 0 Å². The largest absolute Gasteiger partial charge is 0.393 e. The Balaban J connectivity index is 2.29. The van der Waals surface area contributed by atoms with Gasteiger partial charge in [0, 0.05) is 12.6 Å². The van der Waals surface area contributed by atoms with Crippen molar-refractivity contribution in [1.82, 2.24) is 4.90 Å². The molecule has 1 amide bonds. The summed E-state index contributed by atoms with van der Waals surface area (Å²) in [6.45, 7) is 3.63. The van der Waals surface area contributed by atoms with E-state index in [1.807, 2.05) is 0 Å². The summed E-state index contributed by atoms with van der Waals surface area (Å²) >= 11 is 0. The molecule has 0 radical (unpaired) electrons. The van der Waals surface area contributed by atoms with Gasteiger partial charge < -0.3 is 10.0 Å². The van der Waals surface area contributed by atoms with Crippen LogP contribution in [0.3, 0.4) is 0 Å². The molecule has 1 aromatic rings. The van der Waals surface area contributed by atoms with Crippen molar-refractivity contribution in [2.24, 2.45) is 0 Å². The van der Waals surface area contributed by atoms with E-state index < -0.39 is 29.2 Å². The highest BCUT2D eigenvalue weighted by Gasteiger charge is 2.33. The summed E-state index contributed by atoms with van der Waals surface area (Å²) in [6.07, 6.45) is 1.44. The fourth-order valence-electron chi connectivity index (χ4n) is 2.74. The van der Waals surface area contributed by atoms with Crippen LogP contribution in [0.5, 0.6) is 0 Å². The number of carbonyl (C=O) groups excluding carboxylic acids is 1. The van der Waals surface area contributed by atoms with Gasteiger partial charge in [-0.3, -0.25) is 4.79 Å². The van der Waals surface area contributed by atoms with E-state index >= 15 is 0 Å². The Bertz CT molecular complexity index is 517. The molecule has 0 aromatic heterocycles. The van der Waals surface area contributed by atoms with E-state index in [0.717, 1.165) is 18.9 Å². The highest BCUT2D eigenvalue weighted by molar-refractivity contribution is 5.95. The average Bonchev–Trinajstić information content (AvgIpc) is 2.81. The summed E-state index contributed by atoms with van der Waals surface area (Å²) in [5, 5.41) is 9.45. The SMILES string of the molecule is Cc1ccc(F)c(C(=O)N2CCCC2CC(C)O)c1F. The highest BCUT2D eigenvalue weighted by Crippen LogP contribution is 2.26. The number of aryl methyl sites for hydroxylation is 1. The third-order valence-corrected chi connectivity index (χ3v) is 3.75. The first-order valence-corrected chi connectivity index (χ1v) is 6.85. The first-order valence-electron chi connectivity index (χ1n) is 6.85. The molecule has 1 aliphatic rings. The van der Waals surface area contributed by atoms with Gasteiger partial charge in [0.2, 0.25) is 0 Å². The molecular formula is C15H19F2NO2. The lowest BCUT2D eigenvalue weighted by molar-refractivity contribution is 0.0672. The van der Waals surface area contributed by atoms with Crippen LogP contribution < -0.4 is 0 Å². The molecular weight excluding hydrogens is 264 g/mol. The Hall–Kier alpha value is -1.49. The molecule has 2 unspecified atom stereocenters. The molecule has 110 valence electrons. The number of likely N-dealkylation sites (tertiary alicyclic amines) is 1. The Kier molecular flexibility index (Phi) is 4.38. The lowest BCUT2D eigenvalue weighted by Crippen LogP contribution is -2.38. The Morgan fingerprint density at radius 3 is 2.85 bits per heavy atom. The van der Waals surface area contributed by atoms with Gasteiger partial charge in [0.25, 0.3) is 5.91 Å². The maximum absolute atomic E-state index is 14.0. The van der Waals surface area contributed by atoms with Gasteiger partial charge in [-0.05, 0) is 44.7 Å². The summed E-state index contributed by atoms with van der Waals surface area (Å²) in [6, 6.07) is 2.28. The summed E-state index contributed by atoms with van der Waals surface area (Å²) in [7, 11) is 0. The van der Waals surface area contributed by atoms with Crippen LogP contribution in [0, 0.1) is 18.6 Å². The second-order valence-corrected chi connectivity index (χ2v) is 5.43. The Morgan fingerprint density at radius 1 is 1.50 bits per heavy atom. The van der Waals surface area contributed by atoms with Crippen LogP contribution in [-0.2, 0) is 0 Å². The number of rotatable bonds is 3. The van der Waals surface area contributed by atoms with Gasteiger partial charge in [0.05, 0.1) is 6.10 Å². The molecule has 0 saturated carbocycles. The molecule has 1 N–H and O–H groups in total. The van der Waals surface area contributed by atoms with E-state index in [-0.39, 0.29) is 11.6 Å². The smallest absolute Gasteiger partial charge is 0.260 e. The van der Waals surface area contributed by atoms with Crippen LogP contribution in [0.4, 0.5) is 8.78 Å². The van der Waals surface area contributed by atoms with E-state index in [1.165, 1.54) is 17.9 Å². The molecule has 20 heavy (non-hydrogen) atoms. The minimum Gasteiger partial charge on any atom is -0.393 e. The minimum absolute atomic E-state index is 0.151. The van der Waals surface area contributed by atoms with Crippen LogP contribution in [0.1, 0.15) is 42.1 Å². The quantitative estimate of drug-likeness (QED) is 0.926. The lowest BCUT2D eigenvalue weighted by atomic mass is 10.1. The molecule has 1 heterocycles. The van der Waals surface area contributed by atoms with Gasteiger partial charge in [0.1, 0.15) is 17.2 Å². The zero-order valence-electron chi connectivity index (χ0n) is 11.7. The summed E-state index contributed by atoms with van der Waals surface area (Å²) in [4.78, 5) is 13.9. The first kappa shape index (κ1) is 14.9. The number of amides is 1. The van der Waals surface area contributed by atoms with E-state index in [0.29, 0.717) is 13.0 Å². The van der Waals surface area contributed by atoms with Crippen LogP contribution in [0.25, 0.3) is 0 Å². The fraction of sp³-hybridized carbons (Fsp3) is 0.533. The third kappa shape index (κ3) is 2.82. The maximum atomic E-state index is 14.0. The molecule has 1 aromatic carbocycles. The second kappa shape index (κ2) is 5.87. The molecule has 0 aliphatic carbocycles. The van der Waals surface area contributed by atoms with Crippen molar-refractivity contribution in [3.8, 4) is 0 Å². The summed E-state index contributed by atoms with van der Waals surface area (Å²) in [5.74, 6) is -2.25. The van der Waals surface area contributed by atoms with Gasteiger partial charge in [-0.1, -0.05) is 6.07 Å². The number of carbonyl (C=O) groups is 1. The van der Waals surface area contributed by atoms with Crippen molar-refractivity contribution in [1.29, 1.82) is 0 Å². The zero-order chi connectivity index (χ0) is 14.9. The third-order valence-electron chi connectivity index (χ3n) is 3.75. The number of aliphatic hydroxyl groups excluding tert-OH is 1. The number of halogens is 2. The number of aliphatic hydroxyl groups is 1. The molecule has 2 atom stereocenters. The first-order chi connectivity index (χ1) is 9.41. The highest BCUT2D eigenvalue weighted by atomic mass is 19.1. The molecule has 1 saturated heterocycles. The Labute approximate surface area is 117 Å². The van der Waals surface area contributed by atoms with E-state index in [9.17, 15) is 18.7 Å². The van der Waals surface area contributed by atoms with Crippen LogP contribution in [0.2, 0.25) is 0 Å². The van der Waals surface area contributed by atoms with E-state index in [2.05, 4.69) is 0 Å². The van der Waals surface area contributed by atoms with Crippen LogP contribution in [0.15, 0.2) is 12.1 Å². The van der Waals surface area contributed by atoms with Crippen molar-refractivity contribution < 1.29 is 18.7 Å². The van der Waals surface area contributed by atoms with Crippen LogP contribution in [-0.4, -0.2) is 34.6 Å². The number of nitrogens with zero attached hydrogens (tertiary/aromatic N) is 1. The van der Waals surface area contributed by atoms with Crippen molar-refractivity contribution >= 4 is 5.91 Å². The number of hydrogen-bond donors (Lipinski definition) is 1. The lowest BCUT2D eigenvalue weighted by Gasteiger charge is -2.26. The summed E-state index contributed by atoms with van der Waals surface area (Å²) in [5.41, 5.74) is -0.233. The van der Waals surface area contributed by atoms with Gasteiger partial charge in [-0.25, -0.2) is 8.78 Å². The minimum atomic E-state index is -0.833. The predicted molar refractivity (Wildman–Crippen MR) is 71.5 cm³/mol. The molecule has 0 bridgehead atoms. The van der Waals surface area contributed by atoms with E-state index in [1.54, 1.807) is 6.92 Å². The van der Waals surface area contributed by atoms with E-state index in [4.69, 9.17) is 0 Å². The summed E-state index contributed by atoms with van der Waals surface area (Å²) < 4.78 is 27.8. The monoisotopic (exact) mass is 283 g/mol. The molecule has 1 aliphatic heterocycles. The standard InChI is InChI=1S/C15H19F2NO2/c1-9-5-6-12(16)13(14(9)17)15(20)18-7-3-4-11(18)8-10(2)19/h5-6,10-11,19H,3-4,7-8H2,1-2H3. The number of hydrogen-bond acceptors (Lipinski definition) is 2. The van der Waals surface area contributed by atoms with Gasteiger partial charge >= 0.3 is 0 Å². The van der Waals surface area contributed by atoms with Gasteiger partial charge in [-0.2, -0.15) is 0 Å². The molecule has 1 fully saturated rings. The number of benzene rings is 1. The van der Waals surface area contributed by atoms with Gasteiger partial charge in [0.15, 0.2) is 0 Å². The second-order valence-electron chi connectivity index (χ2n) is 5.43. The van der Waals surface area contributed by atoms with Crippen molar-refractivity contribution in [2.75, 3.05) is 6.54 Å². The average molecular weight is 283 g/mol. The molecule has 3 nitrogen and oxygen atoms in total. The fourth-order valence-corrected chi connectivity index (χ4v) is 2.74. The van der Waals surface area contributed by atoms with Crippen molar-refractivity contribution in [3.05, 3.63) is 34.9 Å². The molecule has 5 heteroatoms. The maximum Gasteiger partial charge on any atom is 0.260 e. The molecule has 0 spiro atoms. The molecule has 2 rings (SSSR count). The van der Waals surface area contributed by atoms with Crippen molar-refractivity contribution in [3.63, 3.8) is 0 Å². The zero-order valence-corrected chi connectivity index (χ0v) is 11.7. The normalized spacial score (nSPS) is 20.2. The predicted octanol–water partition coefficient (Wildman–Crippen LogP) is 2.65. The van der Waals surface area contributed by atoms with Crippen molar-refractivity contribution in [2.45, 2.75) is 45.3 Å². The van der Waals surface area contributed by atoms with Gasteiger partial charge in [-0.15, -0.1) is 0 Å². The Morgan fingerprint density at radius 2 is 2.20 bits per heavy atom. The topological polar surface area (TPSA) is 40.5 Å².